The van der Waals surface area contributed by atoms with Crippen LogP contribution >= 0.6 is 11.3 Å². The Morgan fingerprint density at radius 2 is 2.05 bits per heavy atom. The van der Waals surface area contributed by atoms with Crippen LogP contribution in [0.2, 0.25) is 0 Å². The molecule has 0 spiro atoms. The minimum absolute atomic E-state index is 0.319. The predicted molar refractivity (Wildman–Crippen MR) is 80.5 cm³/mol. The third kappa shape index (κ3) is 2.12. The summed E-state index contributed by atoms with van der Waals surface area (Å²) in [5.74, 6) is -0.937. The van der Waals surface area contributed by atoms with Crippen molar-refractivity contribution < 1.29 is 9.90 Å². The van der Waals surface area contributed by atoms with Crippen LogP contribution in [0.1, 0.15) is 37.7 Å². The van der Waals surface area contributed by atoms with E-state index >= 15 is 0 Å². The molecular formula is C14H15N2O3S-. The van der Waals surface area contributed by atoms with Gasteiger partial charge in [-0.2, -0.15) is 0 Å². The number of carboxylic acids is 1. The quantitative estimate of drug-likeness (QED) is 0.695. The summed E-state index contributed by atoms with van der Waals surface area (Å²) in [4.78, 5) is 12.5. The SMILES string of the molecule is Cc1sc(-n2c(C)cc(/C=N\[O-])c2C)c(C(=O)O)c1C. The second-order valence-corrected chi connectivity index (χ2v) is 5.87. The first-order valence-electron chi connectivity index (χ1n) is 6.06. The number of thiophene rings is 1. The molecule has 2 rings (SSSR count). The monoisotopic (exact) mass is 291 g/mol. The molecule has 5 nitrogen and oxygen atoms in total. The molecule has 2 heterocycles. The van der Waals surface area contributed by atoms with Gasteiger partial charge >= 0.3 is 5.97 Å². The summed E-state index contributed by atoms with van der Waals surface area (Å²) in [6.07, 6.45) is 1.24. The number of aromatic carboxylic acids is 1. The van der Waals surface area contributed by atoms with Crippen molar-refractivity contribution in [2.75, 3.05) is 0 Å². The van der Waals surface area contributed by atoms with Gasteiger partial charge in [0.15, 0.2) is 0 Å². The Bertz CT molecular complexity index is 711. The first-order chi connectivity index (χ1) is 9.38. The molecule has 0 fully saturated rings. The van der Waals surface area contributed by atoms with Gasteiger partial charge in [-0.1, -0.05) is 0 Å². The average Bonchev–Trinajstić information content (AvgIpc) is 2.79. The van der Waals surface area contributed by atoms with Gasteiger partial charge in [-0.05, 0) is 39.3 Å². The zero-order valence-corrected chi connectivity index (χ0v) is 12.5. The lowest BCUT2D eigenvalue weighted by atomic mass is 10.1. The fourth-order valence-corrected chi connectivity index (χ4v) is 3.57. The maximum absolute atomic E-state index is 11.5. The fraction of sp³-hybridized carbons (Fsp3) is 0.286. The number of hydrogen-bond donors (Lipinski definition) is 1. The Hall–Kier alpha value is -2.08. The molecule has 106 valence electrons. The summed E-state index contributed by atoms with van der Waals surface area (Å²) >= 11 is 1.44. The smallest absolute Gasteiger partial charge is 0.339 e. The average molecular weight is 291 g/mol. The van der Waals surface area contributed by atoms with E-state index in [1.807, 2.05) is 38.3 Å². The third-order valence-corrected chi connectivity index (χ3v) is 4.64. The lowest BCUT2D eigenvalue weighted by Crippen LogP contribution is -2.06. The minimum Gasteiger partial charge on any atom is -0.792 e. The number of aromatic nitrogens is 1. The van der Waals surface area contributed by atoms with Gasteiger partial charge in [0, 0.05) is 28.0 Å². The standard InChI is InChI=1S/C14H16N2O3S/c1-7-5-11(6-15-19)9(3)16(7)13-12(14(17)18)8(2)10(4)20-13/h5-6,19H,1-4H3,(H,17,18)/p-1/b15-6-. The van der Waals surface area contributed by atoms with Crippen LogP contribution in [0.5, 0.6) is 0 Å². The Balaban J connectivity index is 2.75. The van der Waals surface area contributed by atoms with Crippen LogP contribution in [-0.2, 0) is 0 Å². The van der Waals surface area contributed by atoms with Gasteiger partial charge in [-0.25, -0.2) is 4.79 Å². The van der Waals surface area contributed by atoms with Crippen LogP contribution in [0.3, 0.4) is 0 Å². The number of nitrogens with zero attached hydrogens (tertiary/aromatic N) is 2. The zero-order chi connectivity index (χ0) is 15.0. The van der Waals surface area contributed by atoms with Gasteiger partial charge in [0.25, 0.3) is 0 Å². The third-order valence-electron chi connectivity index (χ3n) is 3.45. The molecule has 0 saturated heterocycles. The van der Waals surface area contributed by atoms with Crippen molar-refractivity contribution in [1.29, 1.82) is 0 Å². The predicted octanol–water partition coefficient (Wildman–Crippen LogP) is 3.39. The van der Waals surface area contributed by atoms with Crippen molar-refractivity contribution in [3.8, 4) is 5.00 Å². The van der Waals surface area contributed by atoms with Crippen LogP contribution in [-0.4, -0.2) is 21.9 Å². The molecule has 0 bridgehead atoms. The summed E-state index contributed by atoms with van der Waals surface area (Å²) in [6, 6.07) is 1.83. The molecule has 0 atom stereocenters. The molecule has 0 aliphatic heterocycles. The first kappa shape index (κ1) is 14.3. The van der Waals surface area contributed by atoms with Gasteiger partial charge in [-0.15, -0.1) is 11.3 Å². The molecule has 0 aliphatic rings. The fourth-order valence-electron chi connectivity index (χ4n) is 2.31. The van der Waals surface area contributed by atoms with Gasteiger partial charge in [0.2, 0.25) is 0 Å². The maximum atomic E-state index is 11.5. The highest BCUT2D eigenvalue weighted by molar-refractivity contribution is 7.15. The molecule has 2 aromatic rings. The molecule has 2 aromatic heterocycles. The van der Waals surface area contributed by atoms with Crippen molar-refractivity contribution in [1.82, 2.24) is 4.57 Å². The van der Waals surface area contributed by atoms with E-state index < -0.39 is 5.97 Å². The zero-order valence-electron chi connectivity index (χ0n) is 11.7. The Morgan fingerprint density at radius 3 is 2.60 bits per heavy atom. The summed E-state index contributed by atoms with van der Waals surface area (Å²) in [5, 5.41) is 23.3. The van der Waals surface area contributed by atoms with Crippen molar-refractivity contribution in [2.24, 2.45) is 5.16 Å². The molecule has 0 amide bonds. The van der Waals surface area contributed by atoms with E-state index in [4.69, 9.17) is 0 Å². The molecule has 20 heavy (non-hydrogen) atoms. The topological polar surface area (TPSA) is 77.6 Å². The lowest BCUT2D eigenvalue weighted by Gasteiger charge is -2.09. The van der Waals surface area contributed by atoms with Crippen molar-refractivity contribution in [3.63, 3.8) is 0 Å². The lowest BCUT2D eigenvalue weighted by molar-refractivity contribution is 0.0696. The van der Waals surface area contributed by atoms with E-state index in [-0.39, 0.29) is 0 Å². The molecule has 1 N–H and O–H groups in total. The highest BCUT2D eigenvalue weighted by atomic mass is 32.1. The van der Waals surface area contributed by atoms with Gasteiger partial charge in [-0.3, -0.25) is 0 Å². The van der Waals surface area contributed by atoms with E-state index in [0.717, 1.165) is 21.8 Å². The van der Waals surface area contributed by atoms with Crippen LogP contribution in [0, 0.1) is 32.9 Å². The first-order valence-corrected chi connectivity index (χ1v) is 6.88. The van der Waals surface area contributed by atoms with E-state index in [1.165, 1.54) is 17.6 Å². The van der Waals surface area contributed by atoms with E-state index in [9.17, 15) is 15.1 Å². The number of aryl methyl sites for hydroxylation is 2. The highest BCUT2D eigenvalue weighted by Gasteiger charge is 2.22. The van der Waals surface area contributed by atoms with Crippen molar-refractivity contribution >= 4 is 23.5 Å². The van der Waals surface area contributed by atoms with Gasteiger partial charge < -0.3 is 20.0 Å². The van der Waals surface area contributed by atoms with Crippen LogP contribution in [0.4, 0.5) is 0 Å². The summed E-state index contributed by atoms with van der Waals surface area (Å²) in [7, 11) is 0. The number of hydrogen-bond acceptors (Lipinski definition) is 4. The Labute approximate surface area is 120 Å². The van der Waals surface area contributed by atoms with E-state index in [2.05, 4.69) is 5.16 Å². The number of rotatable bonds is 3. The largest absolute Gasteiger partial charge is 0.792 e. The molecule has 0 unspecified atom stereocenters. The molecule has 0 radical (unpaired) electrons. The Morgan fingerprint density at radius 1 is 1.40 bits per heavy atom. The van der Waals surface area contributed by atoms with Crippen molar-refractivity contribution in [3.05, 3.63) is 44.2 Å². The second kappa shape index (κ2) is 5.13. The molecule has 6 heteroatoms. The molecule has 0 saturated carbocycles. The Kier molecular flexibility index (Phi) is 3.67. The summed E-state index contributed by atoms with van der Waals surface area (Å²) < 4.78 is 1.87. The number of carboxylic acid groups (broad SMARTS) is 1. The van der Waals surface area contributed by atoms with E-state index in [1.54, 1.807) is 0 Å². The molecule has 0 aliphatic carbocycles. The van der Waals surface area contributed by atoms with Crippen molar-refractivity contribution in [2.45, 2.75) is 27.7 Å². The highest BCUT2D eigenvalue weighted by Crippen LogP contribution is 2.33. The number of carbonyl (C=O) groups is 1. The maximum Gasteiger partial charge on any atom is 0.339 e. The van der Waals surface area contributed by atoms with E-state index in [0.29, 0.717) is 16.1 Å². The summed E-state index contributed by atoms with van der Waals surface area (Å²) in [6.45, 7) is 7.45. The van der Waals surface area contributed by atoms with Crippen LogP contribution in [0.25, 0.3) is 5.00 Å². The molecular weight excluding hydrogens is 276 g/mol. The van der Waals surface area contributed by atoms with Crippen LogP contribution < -0.4 is 0 Å². The van der Waals surface area contributed by atoms with Gasteiger partial charge in [0.1, 0.15) is 5.00 Å². The summed E-state index contributed by atoms with van der Waals surface area (Å²) in [5.41, 5.74) is 3.49. The second-order valence-electron chi connectivity index (χ2n) is 4.66. The minimum atomic E-state index is -0.937. The normalized spacial score (nSPS) is 11.4. The van der Waals surface area contributed by atoms with Crippen LogP contribution in [0.15, 0.2) is 11.2 Å². The van der Waals surface area contributed by atoms with Gasteiger partial charge in [0.05, 0.1) is 5.56 Å². The molecule has 0 aromatic carbocycles.